The van der Waals surface area contributed by atoms with E-state index in [9.17, 15) is 4.79 Å². The molecule has 6 nitrogen and oxygen atoms in total. The lowest BCUT2D eigenvalue weighted by Crippen LogP contribution is -2.10. The van der Waals surface area contributed by atoms with Gasteiger partial charge in [-0.15, -0.1) is 0 Å². The average molecular weight is 395 g/mol. The molecule has 4 rings (SSSR count). The minimum Gasteiger partial charge on any atom is -0.461 e. The fourth-order valence-corrected chi connectivity index (χ4v) is 3.35. The summed E-state index contributed by atoms with van der Waals surface area (Å²) in [7, 11) is 0. The van der Waals surface area contributed by atoms with Crippen molar-refractivity contribution in [2.75, 3.05) is 6.61 Å². The largest absolute Gasteiger partial charge is 0.461 e. The molecule has 0 fully saturated rings. The van der Waals surface area contributed by atoms with E-state index in [-0.39, 0.29) is 0 Å². The molecule has 0 radical (unpaired) electrons. The summed E-state index contributed by atoms with van der Waals surface area (Å²) in [6.07, 6.45) is 0. The highest BCUT2D eigenvalue weighted by Gasteiger charge is 2.15. The van der Waals surface area contributed by atoms with Crippen LogP contribution in [0.2, 0.25) is 5.02 Å². The van der Waals surface area contributed by atoms with E-state index in [1.54, 1.807) is 17.7 Å². The number of esters is 1. The van der Waals surface area contributed by atoms with Crippen LogP contribution in [-0.2, 0) is 11.3 Å². The third kappa shape index (κ3) is 3.39. The fourth-order valence-electron chi connectivity index (χ4n) is 3.12. The zero-order valence-corrected chi connectivity index (χ0v) is 16.3. The van der Waals surface area contributed by atoms with Gasteiger partial charge in [-0.1, -0.05) is 35.9 Å². The lowest BCUT2D eigenvalue weighted by molar-refractivity contribution is 0.0518. The van der Waals surface area contributed by atoms with Gasteiger partial charge in [0, 0.05) is 11.3 Å². The summed E-state index contributed by atoms with van der Waals surface area (Å²) in [5, 5.41) is 9.79. The lowest BCUT2D eigenvalue weighted by atomic mass is 10.1. The maximum atomic E-state index is 11.9. The predicted molar refractivity (Wildman–Crippen MR) is 108 cm³/mol. The number of hydrogen-bond acceptors (Lipinski definition) is 4. The van der Waals surface area contributed by atoms with E-state index < -0.39 is 5.97 Å². The van der Waals surface area contributed by atoms with Gasteiger partial charge in [0.1, 0.15) is 0 Å². The molecule has 0 aliphatic heterocycles. The quantitative estimate of drug-likeness (QED) is 0.471. The van der Waals surface area contributed by atoms with Crippen LogP contribution in [0.15, 0.2) is 54.6 Å². The standard InChI is InChI=1S/C21H19ClN4O2/c1-3-28-21(27)20-11-14(2)25(23-20)13-16-8-6-7-15-12-19(24-26(15)16)17-9-4-5-10-18(17)22/h4-12H,3,13H2,1-2H3. The molecule has 3 heterocycles. The number of nitrogens with zero attached hydrogens (tertiary/aromatic N) is 4. The summed E-state index contributed by atoms with van der Waals surface area (Å²) in [6, 6.07) is 17.3. The van der Waals surface area contributed by atoms with Crippen molar-refractivity contribution in [1.29, 1.82) is 0 Å². The van der Waals surface area contributed by atoms with Crippen LogP contribution in [0.5, 0.6) is 0 Å². The number of rotatable bonds is 5. The van der Waals surface area contributed by atoms with Crippen LogP contribution in [0.4, 0.5) is 0 Å². The van der Waals surface area contributed by atoms with Gasteiger partial charge in [-0.3, -0.25) is 4.68 Å². The van der Waals surface area contributed by atoms with E-state index in [1.807, 2.05) is 60.0 Å². The molecule has 0 saturated heterocycles. The van der Waals surface area contributed by atoms with E-state index in [2.05, 4.69) is 5.10 Å². The Morgan fingerprint density at radius 2 is 1.93 bits per heavy atom. The molecule has 0 amide bonds. The van der Waals surface area contributed by atoms with Crippen LogP contribution >= 0.6 is 11.6 Å². The normalized spacial score (nSPS) is 11.1. The van der Waals surface area contributed by atoms with Crippen LogP contribution in [0.25, 0.3) is 16.8 Å². The van der Waals surface area contributed by atoms with Crippen LogP contribution in [-0.4, -0.2) is 32.0 Å². The number of hydrogen-bond donors (Lipinski definition) is 0. The minimum atomic E-state index is -0.414. The van der Waals surface area contributed by atoms with Crippen LogP contribution in [0, 0.1) is 6.92 Å². The number of carbonyl (C=O) groups excluding carboxylic acids is 1. The molecular weight excluding hydrogens is 376 g/mol. The van der Waals surface area contributed by atoms with Gasteiger partial charge < -0.3 is 4.74 Å². The van der Waals surface area contributed by atoms with Crippen molar-refractivity contribution in [2.45, 2.75) is 20.4 Å². The van der Waals surface area contributed by atoms with Crippen molar-refractivity contribution in [1.82, 2.24) is 19.4 Å². The molecule has 0 unspecified atom stereocenters. The molecule has 0 bridgehead atoms. The van der Waals surface area contributed by atoms with Crippen molar-refractivity contribution in [3.05, 3.63) is 76.7 Å². The van der Waals surface area contributed by atoms with Gasteiger partial charge in [0.2, 0.25) is 0 Å². The Labute approximate surface area is 167 Å². The van der Waals surface area contributed by atoms with Gasteiger partial charge in [-0.05, 0) is 44.2 Å². The summed E-state index contributed by atoms with van der Waals surface area (Å²) in [5.41, 5.74) is 4.78. The Balaban J connectivity index is 1.70. The monoisotopic (exact) mass is 394 g/mol. The zero-order valence-electron chi connectivity index (χ0n) is 15.6. The number of ether oxygens (including phenoxy) is 1. The van der Waals surface area contributed by atoms with Gasteiger partial charge in [0.25, 0.3) is 0 Å². The second-order valence-corrected chi connectivity index (χ2v) is 6.82. The first-order valence-corrected chi connectivity index (χ1v) is 9.38. The summed E-state index contributed by atoms with van der Waals surface area (Å²) in [6.45, 7) is 4.49. The van der Waals surface area contributed by atoms with Crippen molar-refractivity contribution in [2.24, 2.45) is 0 Å². The maximum Gasteiger partial charge on any atom is 0.358 e. The molecule has 0 aliphatic rings. The van der Waals surface area contributed by atoms with Crippen molar-refractivity contribution >= 4 is 23.1 Å². The van der Waals surface area contributed by atoms with E-state index in [0.717, 1.165) is 28.2 Å². The molecule has 0 N–H and O–H groups in total. The van der Waals surface area contributed by atoms with Crippen molar-refractivity contribution in [3.8, 4) is 11.3 Å². The Bertz CT molecular complexity index is 1160. The number of benzene rings is 1. The number of fused-ring (bicyclic) bond motifs is 1. The SMILES string of the molecule is CCOC(=O)c1cc(C)n(Cc2cccc3cc(-c4ccccc4Cl)nn23)n1. The molecule has 142 valence electrons. The van der Waals surface area contributed by atoms with Crippen molar-refractivity contribution in [3.63, 3.8) is 0 Å². The molecular formula is C21H19ClN4O2. The van der Waals surface area contributed by atoms with Gasteiger partial charge >= 0.3 is 5.97 Å². The number of pyridine rings is 1. The first-order chi connectivity index (χ1) is 13.6. The smallest absolute Gasteiger partial charge is 0.358 e. The first kappa shape index (κ1) is 18.3. The maximum absolute atomic E-state index is 11.9. The van der Waals surface area contributed by atoms with Gasteiger partial charge in [0.15, 0.2) is 5.69 Å². The summed E-state index contributed by atoms with van der Waals surface area (Å²) < 4.78 is 8.69. The van der Waals surface area contributed by atoms with Crippen LogP contribution < -0.4 is 0 Å². The number of halogens is 1. The summed E-state index contributed by atoms with van der Waals surface area (Å²) in [4.78, 5) is 11.9. The molecule has 7 heteroatoms. The molecule has 0 aliphatic carbocycles. The van der Waals surface area contributed by atoms with Crippen LogP contribution in [0.3, 0.4) is 0 Å². The van der Waals surface area contributed by atoms with Gasteiger partial charge in [-0.25, -0.2) is 9.31 Å². The van der Waals surface area contributed by atoms with Crippen LogP contribution in [0.1, 0.15) is 28.8 Å². The molecule has 3 aromatic heterocycles. The Hall–Kier alpha value is -3.12. The lowest BCUT2D eigenvalue weighted by Gasteiger charge is -2.07. The molecule has 0 spiro atoms. The minimum absolute atomic E-state index is 0.309. The van der Waals surface area contributed by atoms with E-state index in [4.69, 9.17) is 21.4 Å². The number of aryl methyl sites for hydroxylation is 1. The fraction of sp³-hybridized carbons (Fsp3) is 0.190. The number of aromatic nitrogens is 4. The summed E-state index contributed by atoms with van der Waals surface area (Å²) >= 11 is 6.33. The highest BCUT2D eigenvalue weighted by atomic mass is 35.5. The van der Waals surface area contributed by atoms with Gasteiger partial charge in [0.05, 0.1) is 35.1 Å². The molecule has 4 aromatic rings. The zero-order chi connectivity index (χ0) is 19.7. The molecule has 1 aromatic carbocycles. The highest BCUT2D eigenvalue weighted by Crippen LogP contribution is 2.27. The Morgan fingerprint density at radius 3 is 2.71 bits per heavy atom. The Kier molecular flexibility index (Phi) is 4.88. The van der Waals surface area contributed by atoms with E-state index in [0.29, 0.717) is 23.9 Å². The highest BCUT2D eigenvalue weighted by molar-refractivity contribution is 6.33. The summed E-state index contributed by atoms with van der Waals surface area (Å²) in [5.74, 6) is -0.414. The predicted octanol–water partition coefficient (Wildman–Crippen LogP) is 4.38. The second kappa shape index (κ2) is 7.48. The van der Waals surface area contributed by atoms with E-state index in [1.165, 1.54) is 0 Å². The van der Waals surface area contributed by atoms with E-state index >= 15 is 0 Å². The average Bonchev–Trinajstić information content (AvgIpc) is 3.27. The molecule has 0 atom stereocenters. The van der Waals surface area contributed by atoms with Gasteiger partial charge in [-0.2, -0.15) is 10.2 Å². The topological polar surface area (TPSA) is 61.4 Å². The number of carbonyl (C=O) groups is 1. The molecule has 0 saturated carbocycles. The second-order valence-electron chi connectivity index (χ2n) is 6.41. The Morgan fingerprint density at radius 1 is 1.11 bits per heavy atom. The first-order valence-electron chi connectivity index (χ1n) is 9.01. The third-order valence-corrected chi connectivity index (χ3v) is 4.82. The molecule has 28 heavy (non-hydrogen) atoms. The third-order valence-electron chi connectivity index (χ3n) is 4.49. The van der Waals surface area contributed by atoms with Crippen molar-refractivity contribution < 1.29 is 9.53 Å².